The van der Waals surface area contributed by atoms with E-state index in [-0.39, 0.29) is 25.7 Å². The summed E-state index contributed by atoms with van der Waals surface area (Å²) in [5, 5.41) is 102. The van der Waals surface area contributed by atoms with Crippen molar-refractivity contribution in [1.29, 1.82) is 0 Å². The van der Waals surface area contributed by atoms with E-state index in [0.717, 1.165) is 141 Å². The predicted octanol–water partition coefficient (Wildman–Crippen LogP) is 17.6. The lowest BCUT2D eigenvalue weighted by Gasteiger charge is -2.50. The van der Waals surface area contributed by atoms with Crippen LogP contribution in [0.15, 0.2) is 24.3 Å². The number of carbonyl (C=O) groups excluding carboxylic acids is 4. The molecule has 10 N–H and O–H groups in total. The van der Waals surface area contributed by atoms with Gasteiger partial charge in [-0.1, -0.05) is 322 Å². The second kappa shape index (κ2) is 70.2. The van der Waals surface area contributed by atoms with E-state index in [9.17, 15) is 74.6 Å². The van der Waals surface area contributed by atoms with Crippen LogP contribution in [-0.4, -0.2) is 205 Å². The fraction of sp³-hybridized carbons (Fsp3) is 0.913. The fourth-order valence-corrected chi connectivity index (χ4v) is 16.6. The number of aliphatic hydroxyl groups excluding tert-OH is 9. The Morgan fingerprint density at radius 2 is 0.686 bits per heavy atom. The Labute approximate surface area is 711 Å². The van der Waals surface area contributed by atoms with Gasteiger partial charge >= 0.3 is 31.7 Å². The van der Waals surface area contributed by atoms with E-state index in [1.54, 1.807) is 0 Å². The van der Waals surface area contributed by atoms with E-state index in [4.69, 9.17) is 46.9 Å². The van der Waals surface area contributed by atoms with Crippen molar-refractivity contribution in [1.82, 2.24) is 0 Å². The number of rotatable bonds is 76. The normalized spacial score (nSPS) is 25.3. The third-order valence-electron chi connectivity index (χ3n) is 23.3. The van der Waals surface area contributed by atoms with Crippen molar-refractivity contribution < 1.29 is 122 Å². The molecule has 692 valence electrons. The second-order valence-electron chi connectivity index (χ2n) is 34.1. The van der Waals surface area contributed by atoms with Crippen LogP contribution in [0, 0.1) is 5.92 Å². The number of aliphatic hydroxyl groups is 9. The fourth-order valence-electron chi connectivity index (χ4n) is 15.7. The van der Waals surface area contributed by atoms with E-state index < -0.39 is 162 Å². The molecule has 0 aromatic rings. The Hall–Kier alpha value is -3.05. The quantitative estimate of drug-likeness (QED) is 0.00889. The molecule has 25 nitrogen and oxygen atoms in total. The molecule has 0 aromatic carbocycles. The number of allylic oxidation sites excluding steroid dienone is 4. The number of unbranched alkanes of at least 4 members (excludes halogenated alkanes) is 44. The van der Waals surface area contributed by atoms with Gasteiger partial charge in [0, 0.05) is 25.7 Å². The number of hydrogen-bond donors (Lipinski definition) is 10. The summed E-state index contributed by atoms with van der Waals surface area (Å²) in [4.78, 5) is 66.5. The molecule has 118 heavy (non-hydrogen) atoms. The molecular weight excluding hydrogens is 1540 g/mol. The minimum Gasteiger partial charge on any atom is -0.463 e. The predicted molar refractivity (Wildman–Crippen MR) is 458 cm³/mol. The molecule has 19 unspecified atom stereocenters. The van der Waals surface area contributed by atoms with Gasteiger partial charge in [-0.05, 0) is 83.0 Å². The van der Waals surface area contributed by atoms with Gasteiger partial charge in [0.05, 0.1) is 13.2 Å². The Kier molecular flexibility index (Phi) is 64.9. The molecular formula is C92H169O25P. The van der Waals surface area contributed by atoms with Crippen LogP contribution in [0.4, 0.5) is 0 Å². The van der Waals surface area contributed by atoms with Crippen molar-refractivity contribution in [3.05, 3.63) is 24.3 Å². The Balaban J connectivity index is 1.92. The summed E-state index contributed by atoms with van der Waals surface area (Å²) >= 11 is 0. The van der Waals surface area contributed by atoms with Crippen molar-refractivity contribution >= 4 is 31.7 Å². The van der Waals surface area contributed by atoms with Crippen LogP contribution in [0.2, 0.25) is 0 Å². The molecule has 2 aliphatic heterocycles. The molecule has 0 radical (unpaired) electrons. The van der Waals surface area contributed by atoms with E-state index >= 15 is 0 Å². The van der Waals surface area contributed by atoms with Crippen LogP contribution in [0.25, 0.3) is 0 Å². The number of ether oxygens (including phenoxy) is 8. The largest absolute Gasteiger partial charge is 0.472 e. The summed E-state index contributed by atoms with van der Waals surface area (Å²) in [5.41, 5.74) is 0. The first-order valence-corrected chi connectivity index (χ1v) is 49.0. The average Bonchev–Trinajstić information content (AvgIpc) is 0.754. The minimum absolute atomic E-state index is 0.0143. The lowest BCUT2D eigenvalue weighted by molar-refractivity contribution is -0.360. The summed E-state index contributed by atoms with van der Waals surface area (Å²) in [6.45, 7) is 7.89. The lowest BCUT2D eigenvalue weighted by Crippen LogP contribution is -2.70. The first-order valence-electron chi connectivity index (χ1n) is 47.5. The molecule has 0 amide bonds. The Bertz CT molecular complexity index is 2570. The third kappa shape index (κ3) is 50.2. The van der Waals surface area contributed by atoms with Gasteiger partial charge in [0.1, 0.15) is 92.6 Å². The second-order valence-corrected chi connectivity index (χ2v) is 35.6. The molecule has 2 saturated heterocycles. The van der Waals surface area contributed by atoms with Crippen LogP contribution < -0.4 is 0 Å². The van der Waals surface area contributed by atoms with E-state index in [1.165, 1.54) is 161 Å². The SMILES string of the molecule is CCCCCC/C=C\CCCCCCCCCC(=O)OCC(COP(=O)(O)OC1C(OC2OC(CO)C(O)C(O)C2O)C(O)C(O)C(OC(=O)CCCCCCCCCCCCCCCCC)C1OC1OC(COC(=O)CCCCCCCCC(C)CCCCCCCC)C(O)C(O)C1O)OC(=O)CCCCC/C=C\CCCCCCCC. The van der Waals surface area contributed by atoms with Gasteiger partial charge in [-0.15, -0.1) is 0 Å². The first-order chi connectivity index (χ1) is 57.1. The smallest absolute Gasteiger partial charge is 0.463 e. The number of phosphoric ester groups is 1. The maximum atomic E-state index is 14.9. The van der Waals surface area contributed by atoms with E-state index in [1.807, 2.05) is 0 Å². The van der Waals surface area contributed by atoms with E-state index in [0.29, 0.717) is 44.4 Å². The molecule has 0 spiro atoms. The molecule has 3 aliphatic rings. The van der Waals surface area contributed by atoms with Crippen molar-refractivity contribution in [3.8, 4) is 0 Å². The van der Waals surface area contributed by atoms with Gasteiger partial charge in [0.2, 0.25) is 0 Å². The molecule has 1 saturated carbocycles. The Morgan fingerprint density at radius 3 is 1.11 bits per heavy atom. The first kappa shape index (κ1) is 109. The zero-order valence-corrected chi connectivity index (χ0v) is 74.8. The van der Waals surface area contributed by atoms with Gasteiger partial charge in [-0.2, -0.15) is 0 Å². The van der Waals surface area contributed by atoms with Crippen molar-refractivity contribution in [3.63, 3.8) is 0 Å². The zero-order chi connectivity index (χ0) is 86.2. The zero-order valence-electron chi connectivity index (χ0n) is 73.9. The lowest BCUT2D eigenvalue weighted by atomic mass is 9.84. The highest BCUT2D eigenvalue weighted by Crippen LogP contribution is 2.49. The molecule has 3 rings (SSSR count). The highest BCUT2D eigenvalue weighted by Gasteiger charge is 2.60. The molecule has 3 fully saturated rings. The van der Waals surface area contributed by atoms with Crippen molar-refractivity contribution in [2.75, 3.05) is 26.4 Å². The Morgan fingerprint density at radius 1 is 0.356 bits per heavy atom. The summed E-state index contributed by atoms with van der Waals surface area (Å²) in [5.74, 6) is -2.30. The van der Waals surface area contributed by atoms with Crippen LogP contribution in [0.5, 0.6) is 0 Å². The minimum atomic E-state index is -5.81. The number of hydrogen-bond acceptors (Lipinski definition) is 24. The van der Waals surface area contributed by atoms with Crippen LogP contribution in [0.3, 0.4) is 0 Å². The maximum Gasteiger partial charge on any atom is 0.472 e. The molecule has 0 bridgehead atoms. The monoisotopic (exact) mass is 1710 g/mol. The van der Waals surface area contributed by atoms with E-state index in [2.05, 4.69) is 58.9 Å². The summed E-state index contributed by atoms with van der Waals surface area (Å²) < 4.78 is 73.4. The van der Waals surface area contributed by atoms with Crippen LogP contribution in [-0.2, 0) is 70.7 Å². The van der Waals surface area contributed by atoms with Crippen LogP contribution in [0.1, 0.15) is 401 Å². The standard InChI is InChI=1S/C92H169O25P/c1-6-10-14-18-22-25-28-31-33-36-38-41-44-51-57-63-75(94)108-68-72(111-77(96)65-59-53-45-42-39-35-30-27-24-20-16-12-8-3)69-110-118(106,107)117-90-88(115-91-85(104)81(100)79(98)73(67-93)112-91)84(103)83(102)87(114-78(97)66-60-54-46-43-40-37-34-32-29-26-23-19-15-11-7-2)89(90)116-92-86(105)82(101)80(99)74(113-92)70-109-76(95)64-58-52-48-47-50-56-62-71(5)61-55-49-21-17-13-9-4/h25,28,35,39,71-74,79-93,98-105H,6-24,26-27,29-34,36-38,40-70H2,1-5H3,(H,106,107)/b28-25-,39-35-. The van der Waals surface area contributed by atoms with Gasteiger partial charge in [0.25, 0.3) is 0 Å². The highest BCUT2D eigenvalue weighted by atomic mass is 31.2. The van der Waals surface area contributed by atoms with Gasteiger partial charge < -0.3 is 88.7 Å². The maximum absolute atomic E-state index is 14.9. The highest BCUT2D eigenvalue weighted by molar-refractivity contribution is 7.47. The topological polar surface area (TPSA) is 380 Å². The third-order valence-corrected chi connectivity index (χ3v) is 24.3. The molecule has 26 heteroatoms. The van der Waals surface area contributed by atoms with Crippen molar-refractivity contribution in [2.45, 2.75) is 505 Å². The number of phosphoric acid groups is 1. The molecule has 0 aromatic heterocycles. The molecule has 19 atom stereocenters. The van der Waals surface area contributed by atoms with Gasteiger partial charge in [-0.25, -0.2) is 4.57 Å². The van der Waals surface area contributed by atoms with Crippen LogP contribution >= 0.6 is 7.82 Å². The van der Waals surface area contributed by atoms with Gasteiger partial charge in [-0.3, -0.25) is 28.2 Å². The van der Waals surface area contributed by atoms with Gasteiger partial charge in [0.15, 0.2) is 24.8 Å². The van der Waals surface area contributed by atoms with Crippen molar-refractivity contribution in [2.24, 2.45) is 5.92 Å². The average molecular weight is 1710 g/mol. The summed E-state index contributed by atoms with van der Waals surface area (Å²) in [7, 11) is -5.81. The number of esters is 4. The number of carbonyl (C=O) groups is 4. The summed E-state index contributed by atoms with van der Waals surface area (Å²) in [6, 6.07) is 0. The summed E-state index contributed by atoms with van der Waals surface area (Å²) in [6.07, 6.45) is 28.9. The molecule has 2 heterocycles. The molecule has 1 aliphatic carbocycles.